The van der Waals surface area contributed by atoms with Gasteiger partial charge in [0.25, 0.3) is 0 Å². The van der Waals surface area contributed by atoms with E-state index in [9.17, 15) is 0 Å². The minimum absolute atomic E-state index is 0.290. The van der Waals surface area contributed by atoms with Gasteiger partial charge in [-0.25, -0.2) is 0 Å². The summed E-state index contributed by atoms with van der Waals surface area (Å²) in [6, 6.07) is 37.2. The van der Waals surface area contributed by atoms with Crippen molar-refractivity contribution < 1.29 is 0 Å². The van der Waals surface area contributed by atoms with E-state index in [1.54, 1.807) is 0 Å². The number of benzene rings is 4. The molecule has 0 amide bonds. The fraction of sp³-hybridized carbons (Fsp3) is 0.0606. The standard InChI is InChI=1S/C33H26N4Se/c1-22-28-19-10-11-20-29(28)37(30(22)23(2)38-3)27-18-12-17-26(21-27)33-35-31(24-13-6-4-7-14-24)34-32(36-33)25-15-8-5-9-16-25/h4-21H,2H2,1,3H3. The Balaban J connectivity index is 1.56. The van der Waals surface area contributed by atoms with E-state index in [1.807, 2.05) is 60.7 Å². The first-order valence-corrected chi connectivity index (χ1v) is 15.0. The van der Waals surface area contributed by atoms with Crippen LogP contribution in [0.5, 0.6) is 0 Å². The molecule has 0 N–H and O–H groups in total. The number of hydrogen-bond donors (Lipinski definition) is 0. The fourth-order valence-electron chi connectivity index (χ4n) is 4.82. The maximum atomic E-state index is 4.93. The average molecular weight is 558 g/mol. The number of rotatable bonds is 6. The molecule has 38 heavy (non-hydrogen) atoms. The van der Waals surface area contributed by atoms with Crippen LogP contribution in [0.1, 0.15) is 11.3 Å². The first-order valence-electron chi connectivity index (χ1n) is 12.4. The average Bonchev–Trinajstić information content (AvgIpc) is 3.29. The third-order valence-corrected chi connectivity index (χ3v) is 8.14. The predicted octanol–water partition coefficient (Wildman–Crippen LogP) is 7.85. The maximum absolute atomic E-state index is 4.93. The van der Waals surface area contributed by atoms with Crippen LogP contribution in [0.3, 0.4) is 0 Å². The summed E-state index contributed by atoms with van der Waals surface area (Å²) in [6.07, 6.45) is 0. The molecule has 0 aliphatic carbocycles. The van der Waals surface area contributed by atoms with Crippen molar-refractivity contribution in [3.05, 3.63) is 127 Å². The summed E-state index contributed by atoms with van der Waals surface area (Å²) in [5.74, 6) is 4.18. The van der Waals surface area contributed by atoms with Crippen LogP contribution in [0.4, 0.5) is 0 Å². The normalized spacial score (nSPS) is 11.1. The Morgan fingerprint density at radius 1 is 0.658 bits per heavy atom. The monoisotopic (exact) mass is 558 g/mol. The van der Waals surface area contributed by atoms with Crippen molar-refractivity contribution in [1.29, 1.82) is 0 Å². The van der Waals surface area contributed by atoms with E-state index in [2.05, 4.69) is 72.4 Å². The minimum atomic E-state index is 0.290. The van der Waals surface area contributed by atoms with Gasteiger partial charge in [0.15, 0.2) is 0 Å². The van der Waals surface area contributed by atoms with Gasteiger partial charge in [0, 0.05) is 0 Å². The van der Waals surface area contributed by atoms with Gasteiger partial charge >= 0.3 is 217 Å². The Kier molecular flexibility index (Phi) is 6.47. The first kappa shape index (κ1) is 24.1. The summed E-state index contributed by atoms with van der Waals surface area (Å²) < 4.78 is 3.51. The molecular formula is C33H26N4Se. The van der Waals surface area contributed by atoms with Crippen LogP contribution >= 0.6 is 0 Å². The summed E-state index contributed by atoms with van der Waals surface area (Å²) >= 11 is 0.290. The van der Waals surface area contributed by atoms with Crippen molar-refractivity contribution >= 4 is 30.3 Å². The molecule has 184 valence electrons. The third-order valence-electron chi connectivity index (χ3n) is 6.70. The molecule has 0 aliphatic heterocycles. The van der Waals surface area contributed by atoms with Gasteiger partial charge in [-0.05, 0) is 0 Å². The van der Waals surface area contributed by atoms with Crippen molar-refractivity contribution in [2.24, 2.45) is 0 Å². The second-order valence-corrected chi connectivity index (χ2v) is 10.9. The van der Waals surface area contributed by atoms with Gasteiger partial charge in [0.05, 0.1) is 0 Å². The Morgan fingerprint density at radius 3 is 1.79 bits per heavy atom. The number of aromatic nitrogens is 4. The van der Waals surface area contributed by atoms with E-state index < -0.39 is 0 Å². The molecule has 2 aromatic heterocycles. The van der Waals surface area contributed by atoms with E-state index in [0.717, 1.165) is 22.4 Å². The van der Waals surface area contributed by atoms with E-state index >= 15 is 0 Å². The molecule has 0 aliphatic rings. The molecule has 0 spiro atoms. The van der Waals surface area contributed by atoms with E-state index in [0.29, 0.717) is 17.5 Å². The van der Waals surface area contributed by atoms with Crippen LogP contribution in [0.25, 0.3) is 55.2 Å². The molecule has 0 radical (unpaired) electrons. The fourth-order valence-corrected chi connectivity index (χ4v) is 5.74. The topological polar surface area (TPSA) is 43.6 Å². The summed E-state index contributed by atoms with van der Waals surface area (Å²) in [5, 5.41) is 1.25. The molecule has 0 saturated heterocycles. The quantitative estimate of drug-likeness (QED) is 0.196. The zero-order valence-corrected chi connectivity index (χ0v) is 23.0. The Bertz CT molecular complexity index is 1710. The molecule has 0 fully saturated rings. The number of para-hydroxylation sites is 1. The zero-order chi connectivity index (χ0) is 26.1. The molecule has 6 rings (SSSR count). The van der Waals surface area contributed by atoms with Gasteiger partial charge in [-0.15, -0.1) is 0 Å². The van der Waals surface area contributed by atoms with E-state index in [4.69, 9.17) is 15.0 Å². The summed E-state index contributed by atoms with van der Waals surface area (Å²) in [7, 11) is 0. The van der Waals surface area contributed by atoms with Gasteiger partial charge in [-0.3, -0.25) is 0 Å². The van der Waals surface area contributed by atoms with Gasteiger partial charge < -0.3 is 0 Å². The van der Waals surface area contributed by atoms with Gasteiger partial charge in [0.2, 0.25) is 0 Å². The molecule has 4 nitrogen and oxygen atoms in total. The predicted molar refractivity (Wildman–Crippen MR) is 158 cm³/mol. The van der Waals surface area contributed by atoms with E-state index in [-0.39, 0.29) is 15.0 Å². The molecule has 2 heterocycles. The second kappa shape index (κ2) is 10.2. The van der Waals surface area contributed by atoms with Crippen LogP contribution in [0.15, 0.2) is 116 Å². The Labute approximate surface area is 228 Å². The number of aryl methyl sites for hydroxylation is 1. The van der Waals surface area contributed by atoms with Crippen molar-refractivity contribution in [1.82, 2.24) is 19.5 Å². The summed E-state index contributed by atoms with van der Waals surface area (Å²) in [4.78, 5) is 14.7. The van der Waals surface area contributed by atoms with Crippen LogP contribution in [-0.2, 0) is 0 Å². The number of fused-ring (bicyclic) bond motifs is 1. The molecule has 0 saturated carbocycles. The summed E-state index contributed by atoms with van der Waals surface area (Å²) in [6.45, 7) is 6.62. The molecule has 5 heteroatoms. The molecule has 0 bridgehead atoms. The molecule has 0 atom stereocenters. The molecule has 6 aromatic rings. The molecular weight excluding hydrogens is 531 g/mol. The van der Waals surface area contributed by atoms with Gasteiger partial charge in [-0.1, -0.05) is 12.1 Å². The number of hydrogen-bond acceptors (Lipinski definition) is 3. The SMILES string of the molecule is C=C([Se]C)c1c(C)c2ccccc2n1-c1cccc(-c2nc(-c3ccccc3)nc(-c3ccccc3)n2)c1. The van der Waals surface area contributed by atoms with E-state index in [1.165, 1.54) is 26.6 Å². The first-order chi connectivity index (χ1) is 18.6. The van der Waals surface area contributed by atoms with Crippen LogP contribution in [-0.4, -0.2) is 34.5 Å². The van der Waals surface area contributed by atoms with Crippen LogP contribution in [0.2, 0.25) is 5.82 Å². The molecule has 0 unspecified atom stereocenters. The van der Waals surface area contributed by atoms with Crippen molar-refractivity contribution in [3.8, 4) is 39.9 Å². The van der Waals surface area contributed by atoms with Gasteiger partial charge in [0.1, 0.15) is 0 Å². The van der Waals surface area contributed by atoms with Crippen molar-refractivity contribution in [2.45, 2.75) is 12.7 Å². The molecule has 4 aromatic carbocycles. The Morgan fingerprint density at radius 2 is 1.18 bits per heavy atom. The second-order valence-electron chi connectivity index (χ2n) is 9.04. The zero-order valence-electron chi connectivity index (χ0n) is 21.3. The Hall–Kier alpha value is -4.31. The van der Waals surface area contributed by atoms with Gasteiger partial charge in [-0.2, -0.15) is 0 Å². The van der Waals surface area contributed by atoms with Crippen LogP contribution in [0, 0.1) is 6.92 Å². The van der Waals surface area contributed by atoms with Crippen molar-refractivity contribution in [2.75, 3.05) is 0 Å². The summed E-state index contributed by atoms with van der Waals surface area (Å²) in [5.41, 5.74) is 7.55. The van der Waals surface area contributed by atoms with Crippen LogP contribution < -0.4 is 0 Å². The number of nitrogens with zero attached hydrogens (tertiary/aromatic N) is 4. The van der Waals surface area contributed by atoms with Crippen molar-refractivity contribution in [3.63, 3.8) is 0 Å². The third kappa shape index (κ3) is 4.37.